The molecule has 1 radical (unpaired) electrons. The maximum Gasteiger partial charge on any atom is 0.258 e. The molecule has 2 rings (SSSR count). The standard InChI is InChI=1S/C32H51O2Si2/c1-23(2)35(24(3)4,25(5)6)33-31-20-30(19-18-29-16-14-13-15-17-29)21-32(22-31)34-36(26(7)8,27(9)10)28(11)12/h14-28H,1-12H3/b19-18+. The van der Waals surface area contributed by atoms with Crippen molar-refractivity contribution in [1.82, 2.24) is 0 Å². The summed E-state index contributed by atoms with van der Waals surface area (Å²) in [5.41, 5.74) is 5.35. The summed E-state index contributed by atoms with van der Waals surface area (Å²) in [7, 11) is -4.20. The van der Waals surface area contributed by atoms with Crippen molar-refractivity contribution in [3.63, 3.8) is 0 Å². The maximum atomic E-state index is 7.15. The normalized spacial score (nSPS) is 13.3. The second-order valence-corrected chi connectivity index (χ2v) is 23.0. The third-order valence-electron chi connectivity index (χ3n) is 8.12. The molecular weight excluding hydrogens is 473 g/mol. The van der Waals surface area contributed by atoms with E-state index in [1.165, 1.54) is 0 Å². The summed E-state index contributed by atoms with van der Waals surface area (Å²) >= 11 is 0. The lowest BCUT2D eigenvalue weighted by Gasteiger charge is -2.43. The van der Waals surface area contributed by atoms with Crippen molar-refractivity contribution in [3.8, 4) is 11.5 Å². The van der Waals surface area contributed by atoms with Gasteiger partial charge in [-0.2, -0.15) is 0 Å². The summed E-state index contributed by atoms with van der Waals surface area (Å²) in [6, 6.07) is 17.8. The van der Waals surface area contributed by atoms with Crippen molar-refractivity contribution in [3.05, 3.63) is 59.7 Å². The molecule has 0 heterocycles. The van der Waals surface area contributed by atoms with Crippen LogP contribution >= 0.6 is 0 Å². The van der Waals surface area contributed by atoms with Gasteiger partial charge in [-0.1, -0.05) is 120 Å². The Morgan fingerprint density at radius 2 is 0.861 bits per heavy atom. The van der Waals surface area contributed by atoms with Crippen LogP contribution in [0.4, 0.5) is 0 Å². The van der Waals surface area contributed by atoms with Gasteiger partial charge in [0.1, 0.15) is 11.5 Å². The fourth-order valence-corrected chi connectivity index (χ4v) is 17.1. The molecular formula is C32H51O2Si2. The molecule has 4 heteroatoms. The quantitative estimate of drug-likeness (QED) is 0.203. The smallest absolute Gasteiger partial charge is 0.258 e. The monoisotopic (exact) mass is 523 g/mol. The second-order valence-electron chi connectivity index (χ2n) is 12.2. The van der Waals surface area contributed by atoms with Gasteiger partial charge in [-0.25, -0.2) is 0 Å². The highest BCUT2D eigenvalue weighted by molar-refractivity contribution is 6.78. The average molecular weight is 524 g/mol. The molecule has 0 fully saturated rings. The van der Waals surface area contributed by atoms with E-state index in [0.29, 0.717) is 33.2 Å². The lowest BCUT2D eigenvalue weighted by molar-refractivity contribution is 0.461. The molecule has 2 nitrogen and oxygen atoms in total. The predicted molar refractivity (Wildman–Crippen MR) is 164 cm³/mol. The van der Waals surface area contributed by atoms with Crippen LogP contribution < -0.4 is 8.85 Å². The van der Waals surface area contributed by atoms with E-state index >= 15 is 0 Å². The molecule has 0 aromatic heterocycles. The minimum atomic E-state index is -2.10. The van der Waals surface area contributed by atoms with Gasteiger partial charge in [-0.3, -0.25) is 0 Å². The highest BCUT2D eigenvalue weighted by Crippen LogP contribution is 2.46. The van der Waals surface area contributed by atoms with Gasteiger partial charge in [0.15, 0.2) is 0 Å². The highest BCUT2D eigenvalue weighted by atomic mass is 28.4. The zero-order chi connectivity index (χ0) is 27.3. The Labute approximate surface area is 224 Å². The number of hydrogen-bond acceptors (Lipinski definition) is 2. The van der Waals surface area contributed by atoms with Gasteiger partial charge < -0.3 is 8.85 Å². The third-order valence-corrected chi connectivity index (χ3v) is 20.1. The Balaban J connectivity index is 2.66. The molecule has 199 valence electrons. The maximum absolute atomic E-state index is 7.15. The first kappa shape index (κ1) is 30.4. The fraction of sp³-hybridized carbons (Fsp3) is 0.562. The van der Waals surface area contributed by atoms with Crippen LogP contribution in [0.1, 0.15) is 94.2 Å². The van der Waals surface area contributed by atoms with Crippen molar-refractivity contribution in [2.75, 3.05) is 0 Å². The third kappa shape index (κ3) is 6.55. The Morgan fingerprint density at radius 1 is 0.528 bits per heavy atom. The van der Waals surface area contributed by atoms with Gasteiger partial charge in [0.05, 0.1) is 0 Å². The lowest BCUT2D eigenvalue weighted by Crippen LogP contribution is -2.51. The number of rotatable bonds is 12. The van der Waals surface area contributed by atoms with Gasteiger partial charge in [0.2, 0.25) is 0 Å². The highest BCUT2D eigenvalue weighted by Gasteiger charge is 2.48. The molecule has 2 aromatic carbocycles. The summed E-state index contributed by atoms with van der Waals surface area (Å²) in [6.45, 7) is 28.1. The van der Waals surface area contributed by atoms with E-state index in [-0.39, 0.29) is 0 Å². The van der Waals surface area contributed by atoms with Crippen LogP contribution in [0.5, 0.6) is 11.5 Å². The predicted octanol–water partition coefficient (Wildman–Crippen LogP) is 10.8. The fourth-order valence-electron chi connectivity index (χ4n) is 6.63. The molecule has 0 saturated carbocycles. The Bertz CT molecular complexity index is 879. The second kappa shape index (κ2) is 12.6. The van der Waals surface area contributed by atoms with Crippen LogP contribution in [-0.4, -0.2) is 16.6 Å². The summed E-state index contributed by atoms with van der Waals surface area (Å²) < 4.78 is 14.3. The number of hydrogen-bond donors (Lipinski definition) is 0. The van der Waals surface area contributed by atoms with Gasteiger partial charge in [0, 0.05) is 6.07 Å². The van der Waals surface area contributed by atoms with Crippen molar-refractivity contribution in [1.29, 1.82) is 0 Å². The molecule has 0 aliphatic heterocycles. The largest absolute Gasteiger partial charge is 0.543 e. The molecule has 2 aromatic rings. The van der Waals surface area contributed by atoms with Crippen LogP contribution in [0.2, 0.25) is 33.2 Å². The van der Waals surface area contributed by atoms with Crippen molar-refractivity contribution in [2.24, 2.45) is 0 Å². The first-order valence-electron chi connectivity index (χ1n) is 13.9. The van der Waals surface area contributed by atoms with E-state index in [9.17, 15) is 0 Å². The van der Waals surface area contributed by atoms with Crippen molar-refractivity contribution >= 4 is 28.8 Å². The Morgan fingerprint density at radius 3 is 1.19 bits per heavy atom. The average Bonchev–Trinajstić information content (AvgIpc) is 2.78. The zero-order valence-electron chi connectivity index (χ0n) is 25.0. The summed E-state index contributed by atoms with van der Waals surface area (Å²) in [6.07, 6.45) is 4.34. The molecule has 0 aliphatic carbocycles. The zero-order valence-corrected chi connectivity index (χ0v) is 27.0. The molecule has 0 aliphatic rings. The minimum Gasteiger partial charge on any atom is -0.543 e. The lowest BCUT2D eigenvalue weighted by atomic mass is 10.1. The van der Waals surface area contributed by atoms with Crippen LogP contribution in [0.25, 0.3) is 12.2 Å². The topological polar surface area (TPSA) is 18.5 Å². The molecule has 0 amide bonds. The molecule has 0 atom stereocenters. The van der Waals surface area contributed by atoms with Gasteiger partial charge >= 0.3 is 0 Å². The Kier molecular flexibility index (Phi) is 10.7. The van der Waals surface area contributed by atoms with Gasteiger partial charge in [-0.05, 0) is 62.6 Å². The molecule has 0 saturated heterocycles. The van der Waals surface area contributed by atoms with E-state index in [2.05, 4.69) is 132 Å². The van der Waals surface area contributed by atoms with E-state index in [0.717, 1.165) is 22.6 Å². The van der Waals surface area contributed by atoms with E-state index in [1.54, 1.807) is 0 Å². The van der Waals surface area contributed by atoms with E-state index in [1.807, 2.05) is 12.1 Å². The molecule has 0 unspecified atom stereocenters. The Hall–Kier alpha value is -1.79. The first-order chi connectivity index (χ1) is 16.8. The van der Waals surface area contributed by atoms with Gasteiger partial charge in [0.25, 0.3) is 16.6 Å². The van der Waals surface area contributed by atoms with Crippen LogP contribution in [0.15, 0.2) is 42.5 Å². The summed E-state index contributed by atoms with van der Waals surface area (Å²) in [5.74, 6) is 1.91. The van der Waals surface area contributed by atoms with Crippen LogP contribution in [0.3, 0.4) is 0 Å². The van der Waals surface area contributed by atoms with Gasteiger partial charge in [-0.15, -0.1) is 0 Å². The van der Waals surface area contributed by atoms with Crippen LogP contribution in [0, 0.1) is 6.07 Å². The number of benzene rings is 2. The first-order valence-corrected chi connectivity index (χ1v) is 18.2. The van der Waals surface area contributed by atoms with Crippen LogP contribution in [-0.2, 0) is 0 Å². The molecule has 0 spiro atoms. The molecule has 0 N–H and O–H groups in total. The SMILES string of the molecule is CC(C)[Si](Oc1cc(/C=C/c2cc[c]cc2)cc(O[Si](C(C)C)(C(C)C)C(C)C)c1)(C(C)C)C(C)C. The molecule has 36 heavy (non-hydrogen) atoms. The van der Waals surface area contributed by atoms with E-state index in [4.69, 9.17) is 8.85 Å². The minimum absolute atomic E-state index is 0.511. The van der Waals surface area contributed by atoms with Crippen molar-refractivity contribution < 1.29 is 8.85 Å². The summed E-state index contributed by atoms with van der Waals surface area (Å²) in [5, 5.41) is 0. The molecule has 0 bridgehead atoms. The van der Waals surface area contributed by atoms with E-state index < -0.39 is 16.6 Å². The summed E-state index contributed by atoms with van der Waals surface area (Å²) in [4.78, 5) is 0. The van der Waals surface area contributed by atoms with Crippen molar-refractivity contribution in [2.45, 2.75) is 116 Å².